The maximum absolute atomic E-state index is 12.2. The molecular weight excluding hydrogens is 376 g/mol. The van der Waals surface area contributed by atoms with Crippen LogP contribution in [0.4, 0.5) is 4.79 Å². The van der Waals surface area contributed by atoms with Crippen molar-refractivity contribution in [3.63, 3.8) is 0 Å². The number of carbonyl (C=O) groups excluding carboxylic acids is 2. The second-order valence-corrected chi connectivity index (χ2v) is 5.86. The molecule has 1 heterocycles. The van der Waals surface area contributed by atoms with Crippen molar-refractivity contribution in [1.82, 2.24) is 10.2 Å². The number of hydrogen-bond donors (Lipinski definition) is 3. The van der Waals surface area contributed by atoms with Gasteiger partial charge in [-0.05, 0) is 32.3 Å². The number of carbonyl (C=O) groups is 3. The first-order chi connectivity index (χ1) is 13.9. The molecule has 0 saturated carbocycles. The summed E-state index contributed by atoms with van der Waals surface area (Å²) in [4.78, 5) is 36.4. The minimum Gasteiger partial charge on any atom is -0.478 e. The van der Waals surface area contributed by atoms with Gasteiger partial charge >= 0.3 is 12.1 Å². The molecular formula is C21H32N2O6. The van der Waals surface area contributed by atoms with Gasteiger partial charge in [0.15, 0.2) is 0 Å². The molecule has 0 aliphatic carbocycles. The molecule has 1 saturated heterocycles. The van der Waals surface area contributed by atoms with Gasteiger partial charge in [-0.3, -0.25) is 9.69 Å². The fourth-order valence-corrected chi connectivity index (χ4v) is 2.56. The number of aliphatic hydroxyl groups excluding tert-OH is 1. The van der Waals surface area contributed by atoms with Crippen LogP contribution in [0.2, 0.25) is 0 Å². The third-order valence-corrected chi connectivity index (χ3v) is 3.66. The Morgan fingerprint density at radius 3 is 2.38 bits per heavy atom. The number of hydrogen-bond acceptors (Lipinski definition) is 5. The zero-order valence-electron chi connectivity index (χ0n) is 17.6. The monoisotopic (exact) mass is 408 g/mol. The molecule has 0 aromatic heterocycles. The lowest BCUT2D eigenvalue weighted by Crippen LogP contribution is -2.45. The van der Waals surface area contributed by atoms with Gasteiger partial charge in [0.1, 0.15) is 12.6 Å². The first-order valence-corrected chi connectivity index (χ1v) is 9.69. The lowest BCUT2D eigenvalue weighted by Gasteiger charge is -2.23. The number of allylic oxidation sites excluding steroid dienone is 1. The van der Waals surface area contributed by atoms with E-state index < -0.39 is 24.0 Å². The van der Waals surface area contributed by atoms with Crippen LogP contribution in [-0.2, 0) is 20.9 Å². The van der Waals surface area contributed by atoms with Gasteiger partial charge in [0.25, 0.3) is 0 Å². The van der Waals surface area contributed by atoms with Crippen molar-refractivity contribution >= 4 is 18.0 Å². The van der Waals surface area contributed by atoms with Crippen molar-refractivity contribution in [3.05, 3.63) is 47.7 Å². The van der Waals surface area contributed by atoms with E-state index in [0.717, 1.165) is 11.6 Å². The fourth-order valence-electron chi connectivity index (χ4n) is 2.56. The van der Waals surface area contributed by atoms with E-state index in [9.17, 15) is 14.4 Å². The molecule has 0 radical (unpaired) electrons. The van der Waals surface area contributed by atoms with Crippen LogP contribution < -0.4 is 5.32 Å². The predicted octanol–water partition coefficient (Wildman–Crippen LogP) is 2.92. The number of likely N-dealkylation sites (tertiary alicyclic amines) is 1. The molecule has 1 aliphatic heterocycles. The van der Waals surface area contributed by atoms with Crippen LogP contribution in [0.3, 0.4) is 0 Å². The minimum atomic E-state index is -1.14. The highest BCUT2D eigenvalue weighted by atomic mass is 16.6. The lowest BCUT2D eigenvalue weighted by molar-refractivity contribution is -0.131. The summed E-state index contributed by atoms with van der Waals surface area (Å²) in [7, 11) is 0. The van der Waals surface area contributed by atoms with Crippen LogP contribution in [0.15, 0.2) is 42.1 Å². The number of amides is 2. The topological polar surface area (TPSA) is 116 Å². The fraction of sp³-hybridized carbons (Fsp3) is 0.476. The van der Waals surface area contributed by atoms with E-state index in [-0.39, 0.29) is 18.9 Å². The standard InChI is InChI=1S/C17H20N2O5.C2H6O.C2H6/c1-12(10-15(20)21)18-16(22)14-8-5-9-19(14)17(23)24-11-13-6-3-2-4-7-13;1-2-3;1-2/h2-4,6-7,10,14H,5,8-9,11H2,1H3,(H,18,22)(H,20,21);3H,2H2,1H3;1-2H3/b12-10+;;/t14-;;/m0../s1. The Balaban J connectivity index is 0.00000143. The van der Waals surface area contributed by atoms with E-state index in [1.165, 1.54) is 11.8 Å². The largest absolute Gasteiger partial charge is 0.478 e. The zero-order valence-corrected chi connectivity index (χ0v) is 17.6. The van der Waals surface area contributed by atoms with Gasteiger partial charge in [-0.25, -0.2) is 9.59 Å². The maximum atomic E-state index is 12.2. The summed E-state index contributed by atoms with van der Waals surface area (Å²) >= 11 is 0. The second-order valence-electron chi connectivity index (χ2n) is 5.86. The van der Waals surface area contributed by atoms with E-state index in [1.54, 1.807) is 6.92 Å². The molecule has 29 heavy (non-hydrogen) atoms. The number of rotatable bonds is 5. The van der Waals surface area contributed by atoms with Crippen LogP contribution in [0.1, 0.15) is 46.1 Å². The summed E-state index contributed by atoms with van der Waals surface area (Å²) in [6, 6.07) is 8.63. The van der Waals surface area contributed by atoms with Crippen molar-refractivity contribution in [1.29, 1.82) is 0 Å². The van der Waals surface area contributed by atoms with Gasteiger partial charge in [0.2, 0.25) is 5.91 Å². The molecule has 1 aromatic rings. The molecule has 8 heteroatoms. The number of carboxylic acids is 1. The predicted molar refractivity (Wildman–Crippen MR) is 110 cm³/mol. The molecule has 1 aliphatic rings. The van der Waals surface area contributed by atoms with Gasteiger partial charge in [-0.2, -0.15) is 0 Å². The summed E-state index contributed by atoms with van der Waals surface area (Å²) in [5.41, 5.74) is 1.09. The van der Waals surface area contributed by atoms with Crippen molar-refractivity contribution in [2.45, 2.75) is 53.2 Å². The number of benzene rings is 1. The first kappa shape index (κ1) is 26.1. The van der Waals surface area contributed by atoms with Crippen LogP contribution in [0.5, 0.6) is 0 Å². The van der Waals surface area contributed by atoms with E-state index >= 15 is 0 Å². The maximum Gasteiger partial charge on any atom is 0.410 e. The Kier molecular flexibility index (Phi) is 13.6. The highest BCUT2D eigenvalue weighted by Crippen LogP contribution is 2.19. The summed E-state index contributed by atoms with van der Waals surface area (Å²) < 4.78 is 5.26. The second kappa shape index (κ2) is 15.1. The van der Waals surface area contributed by atoms with E-state index in [4.69, 9.17) is 14.9 Å². The van der Waals surface area contributed by atoms with Crippen molar-refractivity contribution in [3.8, 4) is 0 Å². The first-order valence-electron chi connectivity index (χ1n) is 9.69. The highest BCUT2D eigenvalue weighted by Gasteiger charge is 2.35. The van der Waals surface area contributed by atoms with Crippen molar-refractivity contribution in [2.75, 3.05) is 13.2 Å². The molecule has 2 rings (SSSR count). The Hall–Kier alpha value is -2.87. The normalized spacial score (nSPS) is 15.3. The summed E-state index contributed by atoms with van der Waals surface area (Å²) in [6.07, 6.45) is 1.58. The quantitative estimate of drug-likeness (QED) is 0.645. The number of ether oxygens (including phenoxy) is 1. The number of aliphatic hydroxyl groups is 1. The van der Waals surface area contributed by atoms with Crippen LogP contribution in [0, 0.1) is 0 Å². The van der Waals surface area contributed by atoms with Crippen LogP contribution >= 0.6 is 0 Å². The van der Waals surface area contributed by atoms with Gasteiger partial charge in [-0.15, -0.1) is 0 Å². The molecule has 0 bridgehead atoms. The highest BCUT2D eigenvalue weighted by molar-refractivity contribution is 5.88. The Morgan fingerprint density at radius 2 is 1.83 bits per heavy atom. The molecule has 1 fully saturated rings. The summed E-state index contributed by atoms with van der Waals surface area (Å²) in [6.45, 7) is 7.99. The van der Waals surface area contributed by atoms with E-state index in [1.807, 2.05) is 44.2 Å². The Morgan fingerprint density at radius 1 is 1.24 bits per heavy atom. The molecule has 0 unspecified atom stereocenters. The Labute approximate surface area is 172 Å². The average Bonchev–Trinajstić information content (AvgIpc) is 3.18. The molecule has 0 spiro atoms. The summed E-state index contributed by atoms with van der Waals surface area (Å²) in [5.74, 6) is -1.54. The molecule has 1 aromatic carbocycles. The van der Waals surface area contributed by atoms with E-state index in [2.05, 4.69) is 5.32 Å². The number of carboxylic acid groups (broad SMARTS) is 1. The number of nitrogens with zero attached hydrogens (tertiary/aromatic N) is 1. The molecule has 3 N–H and O–H groups in total. The van der Waals surface area contributed by atoms with Crippen LogP contribution in [0.25, 0.3) is 0 Å². The molecule has 8 nitrogen and oxygen atoms in total. The zero-order chi connectivity index (χ0) is 22.2. The minimum absolute atomic E-state index is 0.141. The average molecular weight is 408 g/mol. The number of aliphatic carboxylic acids is 1. The van der Waals surface area contributed by atoms with Crippen molar-refractivity contribution < 1.29 is 29.3 Å². The van der Waals surface area contributed by atoms with Crippen LogP contribution in [-0.4, -0.2) is 52.3 Å². The molecule has 162 valence electrons. The third-order valence-electron chi connectivity index (χ3n) is 3.66. The third kappa shape index (κ3) is 10.3. The van der Waals surface area contributed by atoms with Gasteiger partial charge in [-0.1, -0.05) is 44.2 Å². The van der Waals surface area contributed by atoms with Gasteiger partial charge in [0.05, 0.1) is 0 Å². The van der Waals surface area contributed by atoms with Crippen molar-refractivity contribution in [2.24, 2.45) is 0 Å². The smallest absolute Gasteiger partial charge is 0.410 e. The van der Waals surface area contributed by atoms with Gasteiger partial charge < -0.3 is 20.3 Å². The van der Waals surface area contributed by atoms with E-state index in [0.29, 0.717) is 19.4 Å². The SMILES string of the molecule is C/C(=C\C(=O)O)NC(=O)[C@@H]1CCCN1C(=O)OCc1ccccc1.CC.CCO. The Bertz CT molecular complexity index is 660. The summed E-state index contributed by atoms with van der Waals surface area (Å²) in [5, 5.41) is 18.7. The van der Waals surface area contributed by atoms with Gasteiger partial charge in [0, 0.05) is 24.9 Å². The molecule has 2 amide bonds. The lowest BCUT2D eigenvalue weighted by atomic mass is 10.2. The molecule has 1 atom stereocenters. The number of nitrogens with one attached hydrogen (secondary N) is 1.